The maximum Gasteiger partial charge on any atom is 0.261 e. The van der Waals surface area contributed by atoms with Gasteiger partial charge in [-0.25, -0.2) is 19.9 Å². The molecule has 1 unspecified atom stereocenters. The zero-order valence-electron chi connectivity index (χ0n) is 22.7. The molecule has 0 saturated heterocycles. The van der Waals surface area contributed by atoms with Gasteiger partial charge in [0, 0.05) is 35.6 Å². The van der Waals surface area contributed by atoms with Crippen LogP contribution in [0.2, 0.25) is 5.15 Å². The number of anilines is 2. The lowest BCUT2D eigenvalue weighted by Crippen LogP contribution is -2.33. The van der Waals surface area contributed by atoms with Crippen LogP contribution in [0.25, 0.3) is 27.8 Å². The molecule has 1 aliphatic heterocycles. The predicted octanol–water partition coefficient (Wildman–Crippen LogP) is 4.10. The molecule has 0 saturated carbocycles. The molecule has 10 heteroatoms. The quantitative estimate of drug-likeness (QED) is 0.369. The van der Waals surface area contributed by atoms with Crippen molar-refractivity contribution in [2.75, 3.05) is 17.2 Å². The Morgan fingerprint density at radius 2 is 2.00 bits per heavy atom. The van der Waals surface area contributed by atoms with E-state index in [-0.39, 0.29) is 23.3 Å². The summed E-state index contributed by atoms with van der Waals surface area (Å²) in [5, 5.41) is 0.748. The zero-order chi connectivity index (χ0) is 27.6. The lowest BCUT2D eigenvalue weighted by Gasteiger charge is -2.36. The summed E-state index contributed by atoms with van der Waals surface area (Å²) in [5.41, 5.74) is 10.1. The second kappa shape index (κ2) is 8.30. The van der Waals surface area contributed by atoms with Crippen LogP contribution in [-0.4, -0.2) is 35.4 Å². The zero-order valence-corrected chi connectivity index (χ0v) is 20.5. The molecule has 182 valence electrons. The van der Waals surface area contributed by atoms with Crippen LogP contribution in [0, 0.1) is 6.92 Å². The molecule has 0 amide bonds. The van der Waals surface area contributed by atoms with Gasteiger partial charge in [-0.3, -0.25) is 13.8 Å². The van der Waals surface area contributed by atoms with E-state index in [0.717, 1.165) is 46.5 Å². The van der Waals surface area contributed by atoms with Gasteiger partial charge >= 0.3 is 0 Å². The Balaban J connectivity index is 1.67. The molecule has 1 aliphatic rings. The van der Waals surface area contributed by atoms with E-state index in [0.29, 0.717) is 21.6 Å². The van der Waals surface area contributed by atoms with Crippen molar-refractivity contribution in [3.05, 3.63) is 75.3 Å². The summed E-state index contributed by atoms with van der Waals surface area (Å²) in [4.78, 5) is 33.3. The van der Waals surface area contributed by atoms with Gasteiger partial charge in [0.15, 0.2) is 0 Å². The van der Waals surface area contributed by atoms with Gasteiger partial charge in [-0.1, -0.05) is 17.7 Å². The number of nitrogens with two attached hydrogens (primary N) is 1. The van der Waals surface area contributed by atoms with Gasteiger partial charge in [-0.2, -0.15) is 0 Å². The highest BCUT2D eigenvalue weighted by molar-refractivity contribution is 6.29. The van der Waals surface area contributed by atoms with Crippen molar-refractivity contribution in [3.8, 4) is 11.3 Å². The molecule has 5 heterocycles. The maximum absolute atomic E-state index is 13.9. The molecular weight excluding hydrogens is 476 g/mol. The minimum atomic E-state index is -2.76. The number of hydrogen-bond donors (Lipinski definition) is 1. The van der Waals surface area contributed by atoms with E-state index < -0.39 is 12.5 Å². The molecule has 0 aliphatic carbocycles. The normalized spacial score (nSPS) is 16.0. The van der Waals surface area contributed by atoms with Gasteiger partial charge in [0.25, 0.3) is 5.56 Å². The summed E-state index contributed by atoms with van der Waals surface area (Å²) in [5.74, 6) is 0.0742. The van der Waals surface area contributed by atoms with Crippen LogP contribution < -0.4 is 16.2 Å². The number of imidazole rings is 1. The molecule has 0 fully saturated rings. The SMILES string of the molecule is [2H]C([2H])([2H])n1c(=O)c2cc(C)cc(C(C)N3CCCc4nc(Cl)ccc43)c2n2cnc(-c3cnc(N)nc3)c12. The number of nitrogens with zero attached hydrogens (tertiary/aromatic N) is 7. The Labute approximate surface area is 216 Å². The van der Waals surface area contributed by atoms with Gasteiger partial charge in [0.1, 0.15) is 22.8 Å². The Morgan fingerprint density at radius 1 is 1.19 bits per heavy atom. The van der Waals surface area contributed by atoms with Gasteiger partial charge in [-0.15, -0.1) is 0 Å². The summed E-state index contributed by atoms with van der Waals surface area (Å²) in [6.45, 7) is 2.00. The van der Waals surface area contributed by atoms with Crippen LogP contribution >= 0.6 is 11.6 Å². The molecule has 0 radical (unpaired) electrons. The van der Waals surface area contributed by atoms with E-state index in [1.165, 1.54) is 12.4 Å². The van der Waals surface area contributed by atoms with Gasteiger partial charge in [0.05, 0.1) is 28.3 Å². The Bertz CT molecular complexity index is 1810. The third-order valence-corrected chi connectivity index (χ3v) is 7.02. The molecule has 1 atom stereocenters. The first-order valence-corrected chi connectivity index (χ1v) is 12.0. The molecule has 5 aromatic rings. The third-order valence-electron chi connectivity index (χ3n) is 6.81. The fourth-order valence-electron chi connectivity index (χ4n) is 5.18. The molecular formula is C26H25ClN8O. The first-order valence-electron chi connectivity index (χ1n) is 13.1. The van der Waals surface area contributed by atoms with E-state index in [9.17, 15) is 4.79 Å². The summed E-state index contributed by atoms with van der Waals surface area (Å²) in [6, 6.07) is 7.35. The standard InChI is InChI=1S/C26H25ClN8O/c1-14-9-17(15(2)34-8-4-5-19-20(34)6-7-21(27)32-19)23-18(10-14)25(36)33(3)24-22(31-13-35(23)24)16-11-29-26(28)30-12-16/h6-7,9-13,15H,4-5,8H2,1-3H3,(H2,28,29,30)/i3D3. The number of aryl methyl sites for hydroxylation is 3. The Hall–Kier alpha value is -3.98. The fraction of sp³-hybridized carbons (Fsp3) is 0.269. The van der Waals surface area contributed by atoms with E-state index in [1.807, 2.05) is 19.1 Å². The van der Waals surface area contributed by atoms with Crippen molar-refractivity contribution in [1.82, 2.24) is 28.9 Å². The van der Waals surface area contributed by atoms with Gasteiger partial charge in [0.2, 0.25) is 5.95 Å². The monoisotopic (exact) mass is 503 g/mol. The highest BCUT2D eigenvalue weighted by atomic mass is 35.5. The van der Waals surface area contributed by atoms with Crippen LogP contribution in [0.1, 0.15) is 40.3 Å². The summed E-state index contributed by atoms with van der Waals surface area (Å²) < 4.78 is 27.2. The largest absolute Gasteiger partial charge is 0.368 e. The smallest absolute Gasteiger partial charge is 0.261 e. The number of pyridine rings is 1. The number of nitrogen functional groups attached to an aromatic ring is 1. The van der Waals surface area contributed by atoms with Crippen LogP contribution in [-0.2, 0) is 13.4 Å². The average Bonchev–Trinajstić information content (AvgIpc) is 3.31. The first kappa shape index (κ1) is 19.2. The second-order valence-electron chi connectivity index (χ2n) is 9.08. The van der Waals surface area contributed by atoms with Gasteiger partial charge < -0.3 is 10.6 Å². The lowest BCUT2D eigenvalue weighted by molar-refractivity contribution is 0.609. The second-order valence-corrected chi connectivity index (χ2v) is 9.47. The topological polar surface area (TPSA) is 107 Å². The third kappa shape index (κ3) is 3.42. The minimum Gasteiger partial charge on any atom is -0.368 e. The number of fused-ring (bicyclic) bond motifs is 4. The number of aromatic nitrogens is 6. The summed E-state index contributed by atoms with van der Waals surface area (Å²) in [6.07, 6.45) is 6.20. The average molecular weight is 504 g/mol. The highest BCUT2D eigenvalue weighted by Crippen LogP contribution is 2.37. The maximum atomic E-state index is 13.9. The van der Waals surface area contributed by atoms with Crippen molar-refractivity contribution in [2.45, 2.75) is 32.7 Å². The molecule has 2 N–H and O–H groups in total. The highest BCUT2D eigenvalue weighted by Gasteiger charge is 2.27. The molecule has 4 aromatic heterocycles. The van der Waals surface area contributed by atoms with Gasteiger partial charge in [-0.05, 0) is 56.0 Å². The molecule has 6 rings (SSSR count). The van der Waals surface area contributed by atoms with Crippen LogP contribution in [0.5, 0.6) is 0 Å². The number of halogens is 1. The molecule has 9 nitrogen and oxygen atoms in total. The molecule has 1 aromatic carbocycles. The van der Waals surface area contributed by atoms with Crippen LogP contribution in [0.15, 0.2) is 47.8 Å². The summed E-state index contributed by atoms with van der Waals surface area (Å²) >= 11 is 6.18. The number of rotatable bonds is 3. The van der Waals surface area contributed by atoms with E-state index >= 15 is 0 Å². The van der Waals surface area contributed by atoms with Crippen LogP contribution in [0.3, 0.4) is 0 Å². The Morgan fingerprint density at radius 3 is 2.78 bits per heavy atom. The minimum absolute atomic E-state index is 0.0742. The van der Waals surface area contributed by atoms with Crippen molar-refractivity contribution in [3.63, 3.8) is 0 Å². The van der Waals surface area contributed by atoms with Crippen molar-refractivity contribution >= 4 is 39.8 Å². The molecule has 0 spiro atoms. The van der Waals surface area contributed by atoms with E-state index in [4.69, 9.17) is 21.4 Å². The fourth-order valence-corrected chi connectivity index (χ4v) is 5.34. The van der Waals surface area contributed by atoms with Crippen LogP contribution in [0.4, 0.5) is 11.6 Å². The van der Waals surface area contributed by atoms with Crippen molar-refractivity contribution in [1.29, 1.82) is 0 Å². The first-order chi connectivity index (χ1) is 18.5. The van der Waals surface area contributed by atoms with E-state index in [1.54, 1.807) is 22.9 Å². The lowest BCUT2D eigenvalue weighted by atomic mass is 9.97. The van der Waals surface area contributed by atoms with Crippen molar-refractivity contribution in [2.24, 2.45) is 6.98 Å². The predicted molar refractivity (Wildman–Crippen MR) is 141 cm³/mol. The summed E-state index contributed by atoms with van der Waals surface area (Å²) in [7, 11) is 0. The number of benzene rings is 1. The van der Waals surface area contributed by atoms with E-state index in [2.05, 4.69) is 31.8 Å². The molecule has 36 heavy (non-hydrogen) atoms. The Kier molecular flexibility index (Phi) is 4.44. The molecule has 0 bridgehead atoms. The number of hydrogen-bond acceptors (Lipinski definition) is 7. The van der Waals surface area contributed by atoms with Crippen molar-refractivity contribution < 1.29 is 4.11 Å².